The predicted molar refractivity (Wildman–Crippen MR) is 92.4 cm³/mol. The summed E-state index contributed by atoms with van der Waals surface area (Å²) in [6, 6.07) is 0. The van der Waals surface area contributed by atoms with Crippen LogP contribution in [0.1, 0.15) is 51.4 Å². The van der Waals surface area contributed by atoms with Crippen molar-refractivity contribution >= 4 is 11.8 Å². The fourth-order valence-corrected chi connectivity index (χ4v) is 4.92. The van der Waals surface area contributed by atoms with Gasteiger partial charge in [-0.25, -0.2) is 0 Å². The molecule has 5 heteroatoms. The second kappa shape index (κ2) is 6.32. The van der Waals surface area contributed by atoms with Gasteiger partial charge in [-0.15, -0.1) is 0 Å². The summed E-state index contributed by atoms with van der Waals surface area (Å²) >= 11 is 0. The van der Waals surface area contributed by atoms with Gasteiger partial charge in [0.1, 0.15) is 5.54 Å². The maximum Gasteiger partial charge on any atom is 0.248 e. The van der Waals surface area contributed by atoms with E-state index in [1.807, 2.05) is 4.90 Å². The first kappa shape index (κ1) is 16.4. The monoisotopic (exact) mass is 333 g/mol. The number of hydrogen-bond donors (Lipinski definition) is 1. The van der Waals surface area contributed by atoms with Gasteiger partial charge in [-0.3, -0.25) is 9.59 Å². The molecule has 1 aliphatic heterocycles. The van der Waals surface area contributed by atoms with Gasteiger partial charge >= 0.3 is 0 Å². The molecule has 1 heterocycles. The summed E-state index contributed by atoms with van der Waals surface area (Å²) in [4.78, 5) is 30.2. The Kier molecular flexibility index (Phi) is 4.31. The molecule has 24 heavy (non-hydrogen) atoms. The number of amides is 2. The van der Waals surface area contributed by atoms with Crippen LogP contribution in [0.15, 0.2) is 0 Å². The van der Waals surface area contributed by atoms with Crippen LogP contribution < -0.4 is 5.32 Å². The molecule has 0 aromatic heterocycles. The molecule has 3 saturated carbocycles. The van der Waals surface area contributed by atoms with Crippen molar-refractivity contribution in [3.8, 4) is 0 Å². The zero-order valence-electron chi connectivity index (χ0n) is 14.9. The van der Waals surface area contributed by atoms with Gasteiger partial charge in [0.2, 0.25) is 11.8 Å². The van der Waals surface area contributed by atoms with Gasteiger partial charge in [-0.1, -0.05) is 32.1 Å². The van der Waals surface area contributed by atoms with Gasteiger partial charge in [-0.2, -0.15) is 0 Å². The third-order valence-corrected chi connectivity index (χ3v) is 6.95. The molecular formula is C19H31N3O2. The fraction of sp³-hybridized carbons (Fsp3) is 0.895. The third kappa shape index (κ3) is 2.96. The van der Waals surface area contributed by atoms with Crippen LogP contribution in [0.25, 0.3) is 0 Å². The van der Waals surface area contributed by atoms with Crippen molar-refractivity contribution in [2.75, 3.05) is 33.2 Å². The summed E-state index contributed by atoms with van der Waals surface area (Å²) in [5.41, 5.74) is -0.597. The number of nitrogens with one attached hydrogen (secondary N) is 1. The van der Waals surface area contributed by atoms with Crippen molar-refractivity contribution in [2.24, 2.45) is 17.8 Å². The van der Waals surface area contributed by atoms with Gasteiger partial charge in [0.25, 0.3) is 0 Å². The quantitative estimate of drug-likeness (QED) is 0.851. The number of rotatable bonds is 4. The zero-order valence-corrected chi connectivity index (χ0v) is 14.9. The van der Waals surface area contributed by atoms with Gasteiger partial charge in [-0.05, 0) is 38.1 Å². The van der Waals surface area contributed by atoms with E-state index in [1.165, 1.54) is 19.3 Å². The zero-order chi connectivity index (χ0) is 16.7. The lowest BCUT2D eigenvalue weighted by atomic mass is 9.81. The highest BCUT2D eigenvalue weighted by Crippen LogP contribution is 2.52. The minimum atomic E-state index is -0.597. The molecule has 3 aliphatic carbocycles. The molecule has 5 nitrogen and oxygen atoms in total. The number of carbonyl (C=O) groups is 2. The maximum atomic E-state index is 13.2. The Balaban J connectivity index is 1.39. The molecule has 0 radical (unpaired) electrons. The average Bonchev–Trinajstić information content (AvgIpc) is 3.15. The van der Waals surface area contributed by atoms with E-state index in [-0.39, 0.29) is 17.7 Å². The SMILES string of the molecule is CN1CCN(C(=O)C2(NC(=O)[C@@H]3C[C@H]3C3CCC3)CCCC2)CC1. The molecule has 2 atom stereocenters. The van der Waals surface area contributed by atoms with Crippen LogP contribution in [0.2, 0.25) is 0 Å². The molecule has 0 spiro atoms. The van der Waals surface area contributed by atoms with E-state index in [0.717, 1.165) is 64.2 Å². The highest BCUT2D eigenvalue weighted by molar-refractivity contribution is 5.93. The van der Waals surface area contributed by atoms with E-state index in [2.05, 4.69) is 17.3 Å². The lowest BCUT2D eigenvalue weighted by Gasteiger charge is -2.39. The van der Waals surface area contributed by atoms with Crippen LogP contribution in [0.4, 0.5) is 0 Å². The van der Waals surface area contributed by atoms with Crippen molar-refractivity contribution in [2.45, 2.75) is 56.9 Å². The van der Waals surface area contributed by atoms with Crippen LogP contribution in [0, 0.1) is 17.8 Å². The highest BCUT2D eigenvalue weighted by atomic mass is 16.2. The third-order valence-electron chi connectivity index (χ3n) is 6.95. The van der Waals surface area contributed by atoms with Crippen LogP contribution in [0.3, 0.4) is 0 Å². The number of hydrogen-bond acceptors (Lipinski definition) is 3. The summed E-state index contributed by atoms with van der Waals surface area (Å²) in [5, 5.41) is 3.25. The molecule has 1 N–H and O–H groups in total. The van der Waals surface area contributed by atoms with E-state index < -0.39 is 5.54 Å². The van der Waals surface area contributed by atoms with Gasteiger partial charge in [0, 0.05) is 32.1 Å². The number of carbonyl (C=O) groups excluding carboxylic acids is 2. The van der Waals surface area contributed by atoms with Crippen LogP contribution >= 0.6 is 0 Å². The first-order valence-corrected chi connectivity index (χ1v) is 9.89. The smallest absolute Gasteiger partial charge is 0.248 e. The predicted octanol–water partition coefficient (Wildman–Crippen LogP) is 1.63. The lowest BCUT2D eigenvalue weighted by Crippen LogP contribution is -2.61. The second-order valence-corrected chi connectivity index (χ2v) is 8.57. The van der Waals surface area contributed by atoms with Crippen molar-refractivity contribution in [3.05, 3.63) is 0 Å². The largest absolute Gasteiger partial charge is 0.341 e. The topological polar surface area (TPSA) is 52.6 Å². The molecule has 4 rings (SSSR count). The molecule has 4 aliphatic rings. The van der Waals surface area contributed by atoms with Gasteiger partial charge in [0.15, 0.2) is 0 Å². The number of likely N-dealkylation sites (N-methyl/N-ethyl adjacent to an activating group) is 1. The second-order valence-electron chi connectivity index (χ2n) is 8.57. The molecule has 4 fully saturated rings. The van der Waals surface area contributed by atoms with E-state index >= 15 is 0 Å². The normalized spacial score (nSPS) is 33.1. The fourth-order valence-electron chi connectivity index (χ4n) is 4.92. The minimum Gasteiger partial charge on any atom is -0.341 e. The van der Waals surface area contributed by atoms with Crippen molar-refractivity contribution in [1.82, 2.24) is 15.1 Å². The summed E-state index contributed by atoms with van der Waals surface area (Å²) in [6.07, 6.45) is 8.75. The van der Waals surface area contributed by atoms with Gasteiger partial charge < -0.3 is 15.1 Å². The van der Waals surface area contributed by atoms with E-state index in [9.17, 15) is 9.59 Å². The standard InChI is InChI=1S/C19H31N3O2/c1-21-9-11-22(12-10-21)18(24)19(7-2-3-8-19)20-17(23)16-13-15(16)14-5-4-6-14/h14-16H,2-13H2,1H3,(H,20,23)/t15-,16+/m0/s1. The van der Waals surface area contributed by atoms with E-state index in [0.29, 0.717) is 5.92 Å². The Morgan fingerprint density at radius 1 is 1.00 bits per heavy atom. The molecule has 134 valence electrons. The minimum absolute atomic E-state index is 0.163. The number of piperazine rings is 1. The Morgan fingerprint density at radius 3 is 2.25 bits per heavy atom. The van der Waals surface area contributed by atoms with Gasteiger partial charge in [0.05, 0.1) is 0 Å². The summed E-state index contributed by atoms with van der Waals surface area (Å²) in [5.74, 6) is 1.93. The van der Waals surface area contributed by atoms with Crippen molar-refractivity contribution in [3.63, 3.8) is 0 Å². The molecule has 0 aromatic carbocycles. The Labute approximate surface area is 145 Å². The average molecular weight is 333 g/mol. The Morgan fingerprint density at radius 2 is 1.67 bits per heavy atom. The molecule has 2 amide bonds. The highest BCUT2D eigenvalue weighted by Gasteiger charge is 2.52. The first-order valence-electron chi connectivity index (χ1n) is 9.89. The maximum absolute atomic E-state index is 13.2. The van der Waals surface area contributed by atoms with Crippen molar-refractivity contribution in [1.29, 1.82) is 0 Å². The Bertz CT molecular complexity index is 503. The van der Waals surface area contributed by atoms with Crippen LogP contribution in [0.5, 0.6) is 0 Å². The molecule has 0 unspecified atom stereocenters. The summed E-state index contributed by atoms with van der Waals surface area (Å²) < 4.78 is 0. The molecular weight excluding hydrogens is 302 g/mol. The summed E-state index contributed by atoms with van der Waals surface area (Å²) in [7, 11) is 2.10. The Hall–Kier alpha value is -1.10. The number of nitrogens with zero attached hydrogens (tertiary/aromatic N) is 2. The van der Waals surface area contributed by atoms with Crippen molar-refractivity contribution < 1.29 is 9.59 Å². The molecule has 0 aromatic rings. The molecule has 1 saturated heterocycles. The summed E-state index contributed by atoms with van der Waals surface area (Å²) in [6.45, 7) is 3.45. The van der Waals surface area contributed by atoms with E-state index in [4.69, 9.17) is 0 Å². The van der Waals surface area contributed by atoms with Crippen LogP contribution in [-0.4, -0.2) is 60.4 Å². The van der Waals surface area contributed by atoms with E-state index in [1.54, 1.807) is 0 Å². The lowest BCUT2D eigenvalue weighted by molar-refractivity contribution is -0.143. The molecule has 0 bridgehead atoms. The van der Waals surface area contributed by atoms with Crippen LogP contribution in [-0.2, 0) is 9.59 Å². The first-order chi connectivity index (χ1) is 11.6.